The summed E-state index contributed by atoms with van der Waals surface area (Å²) in [7, 11) is 1.52. The molecule has 1 unspecified atom stereocenters. The quantitative estimate of drug-likeness (QED) is 0.419. The highest BCUT2D eigenvalue weighted by Crippen LogP contribution is 2.14. The molecule has 0 aromatic heterocycles. The summed E-state index contributed by atoms with van der Waals surface area (Å²) in [6, 6.07) is -1.54. The first kappa shape index (κ1) is 22.6. The second-order valence-electron chi connectivity index (χ2n) is 6.77. The van der Waals surface area contributed by atoms with E-state index in [-0.39, 0.29) is 13.2 Å². The zero-order chi connectivity index (χ0) is 20.6. The maximum absolute atomic E-state index is 12.4. The van der Waals surface area contributed by atoms with Crippen LogP contribution in [0.25, 0.3) is 0 Å². The number of amides is 3. The Morgan fingerprint density at radius 3 is 2.22 bits per heavy atom. The SMILES string of the molecule is COCCOCCN(CC(C(=O)O)N1C(=O)C=CC1=O)C(=O)OC(C)(C)C. The average Bonchev–Trinajstić information content (AvgIpc) is 2.87. The molecule has 0 aromatic rings. The first-order chi connectivity index (χ1) is 12.6. The highest BCUT2D eigenvalue weighted by Gasteiger charge is 2.38. The summed E-state index contributed by atoms with van der Waals surface area (Å²) < 4.78 is 15.5. The van der Waals surface area contributed by atoms with E-state index in [9.17, 15) is 24.3 Å². The Kier molecular flexibility index (Phi) is 8.38. The summed E-state index contributed by atoms with van der Waals surface area (Å²) in [4.78, 5) is 49.4. The van der Waals surface area contributed by atoms with Crippen molar-refractivity contribution in [2.75, 3.05) is 40.0 Å². The van der Waals surface area contributed by atoms with Crippen molar-refractivity contribution in [3.8, 4) is 0 Å². The normalized spacial score (nSPS) is 15.2. The summed E-state index contributed by atoms with van der Waals surface area (Å²) in [5, 5.41) is 9.47. The number of aliphatic carboxylic acids is 1. The number of rotatable bonds is 10. The Labute approximate surface area is 157 Å². The van der Waals surface area contributed by atoms with Gasteiger partial charge in [0.05, 0.1) is 26.4 Å². The van der Waals surface area contributed by atoms with Gasteiger partial charge in [-0.1, -0.05) is 0 Å². The van der Waals surface area contributed by atoms with Crippen LogP contribution in [0.2, 0.25) is 0 Å². The molecule has 1 rings (SSSR count). The van der Waals surface area contributed by atoms with Crippen molar-refractivity contribution < 1.29 is 38.5 Å². The Hall–Kier alpha value is -2.46. The van der Waals surface area contributed by atoms with Crippen LogP contribution in [0.5, 0.6) is 0 Å². The fraction of sp³-hybridized carbons (Fsp3) is 0.647. The van der Waals surface area contributed by atoms with E-state index in [2.05, 4.69) is 0 Å². The monoisotopic (exact) mass is 386 g/mol. The Bertz CT molecular complexity index is 578. The van der Waals surface area contributed by atoms with Crippen LogP contribution in [-0.4, -0.2) is 90.4 Å². The van der Waals surface area contributed by atoms with Crippen LogP contribution in [0.15, 0.2) is 12.2 Å². The van der Waals surface area contributed by atoms with Crippen LogP contribution in [0.1, 0.15) is 20.8 Å². The minimum absolute atomic E-state index is 0.0199. The van der Waals surface area contributed by atoms with Crippen LogP contribution in [0, 0.1) is 0 Å². The predicted molar refractivity (Wildman–Crippen MR) is 92.9 cm³/mol. The second-order valence-corrected chi connectivity index (χ2v) is 6.77. The molecule has 0 fully saturated rings. The minimum atomic E-state index is -1.54. The molecule has 0 saturated carbocycles. The van der Waals surface area contributed by atoms with Gasteiger partial charge in [-0.2, -0.15) is 0 Å². The Balaban J connectivity index is 2.88. The summed E-state index contributed by atoms with van der Waals surface area (Å²) in [6.07, 6.45) is 1.21. The topological polar surface area (TPSA) is 123 Å². The van der Waals surface area contributed by atoms with Crippen molar-refractivity contribution in [1.82, 2.24) is 9.80 Å². The number of carboxylic acid groups (broad SMARTS) is 1. The van der Waals surface area contributed by atoms with Crippen molar-refractivity contribution in [1.29, 1.82) is 0 Å². The highest BCUT2D eigenvalue weighted by molar-refractivity contribution is 6.14. The van der Waals surface area contributed by atoms with Crippen molar-refractivity contribution in [3.63, 3.8) is 0 Å². The molecule has 0 saturated heterocycles. The van der Waals surface area contributed by atoms with Gasteiger partial charge >= 0.3 is 12.1 Å². The minimum Gasteiger partial charge on any atom is -0.480 e. The van der Waals surface area contributed by atoms with E-state index in [0.29, 0.717) is 18.1 Å². The van der Waals surface area contributed by atoms with Crippen LogP contribution < -0.4 is 0 Å². The number of imide groups is 1. The lowest BCUT2D eigenvalue weighted by atomic mass is 10.2. The lowest BCUT2D eigenvalue weighted by Gasteiger charge is -2.31. The molecule has 0 bridgehead atoms. The predicted octanol–water partition coefficient (Wildman–Crippen LogP) is 0.265. The van der Waals surface area contributed by atoms with E-state index in [1.807, 2.05) is 0 Å². The number of nitrogens with zero attached hydrogens (tertiary/aromatic N) is 2. The van der Waals surface area contributed by atoms with Crippen molar-refractivity contribution >= 4 is 23.9 Å². The Morgan fingerprint density at radius 2 is 1.74 bits per heavy atom. The van der Waals surface area contributed by atoms with Gasteiger partial charge in [-0.15, -0.1) is 0 Å². The van der Waals surface area contributed by atoms with Gasteiger partial charge in [-0.25, -0.2) is 9.59 Å². The molecule has 1 atom stereocenters. The zero-order valence-corrected chi connectivity index (χ0v) is 16.0. The number of hydrogen-bond donors (Lipinski definition) is 1. The van der Waals surface area contributed by atoms with Gasteiger partial charge in [0, 0.05) is 25.8 Å². The summed E-state index contributed by atoms with van der Waals surface area (Å²) in [5.41, 5.74) is -0.800. The molecular formula is C17H26N2O8. The van der Waals surface area contributed by atoms with E-state index in [4.69, 9.17) is 14.2 Å². The third-order valence-corrected chi connectivity index (χ3v) is 3.42. The molecule has 1 aliphatic rings. The fourth-order valence-electron chi connectivity index (χ4n) is 2.20. The number of ether oxygens (including phenoxy) is 3. The molecule has 27 heavy (non-hydrogen) atoms. The lowest BCUT2D eigenvalue weighted by Crippen LogP contribution is -2.53. The zero-order valence-electron chi connectivity index (χ0n) is 16.0. The average molecular weight is 386 g/mol. The summed E-state index contributed by atoms with van der Waals surface area (Å²) >= 11 is 0. The molecule has 10 nitrogen and oxygen atoms in total. The summed E-state index contributed by atoms with van der Waals surface area (Å²) in [5.74, 6) is -2.89. The van der Waals surface area contributed by atoms with Crippen LogP contribution in [0.3, 0.4) is 0 Å². The molecule has 0 aliphatic carbocycles. The van der Waals surface area contributed by atoms with Gasteiger partial charge in [0.25, 0.3) is 11.8 Å². The Morgan fingerprint density at radius 1 is 1.15 bits per heavy atom. The number of carboxylic acids is 1. The highest BCUT2D eigenvalue weighted by atomic mass is 16.6. The molecule has 3 amide bonds. The molecule has 0 aromatic carbocycles. The standard InChI is InChI=1S/C17H26N2O8/c1-17(2,3)27-16(24)18(7-8-26-10-9-25-4)11-12(15(22)23)19-13(20)5-6-14(19)21/h5-6,12H,7-11H2,1-4H3,(H,22,23). The van der Waals surface area contributed by atoms with Gasteiger partial charge < -0.3 is 24.2 Å². The fourth-order valence-corrected chi connectivity index (χ4v) is 2.20. The van der Waals surface area contributed by atoms with E-state index in [1.54, 1.807) is 20.8 Å². The van der Waals surface area contributed by atoms with Gasteiger partial charge in [-0.3, -0.25) is 14.5 Å². The van der Waals surface area contributed by atoms with E-state index < -0.39 is 42.1 Å². The number of carbonyl (C=O) groups excluding carboxylic acids is 3. The summed E-state index contributed by atoms with van der Waals surface area (Å²) in [6.45, 7) is 5.39. The molecule has 10 heteroatoms. The molecule has 0 spiro atoms. The molecule has 1 N–H and O–H groups in total. The third kappa shape index (κ3) is 7.35. The molecule has 0 radical (unpaired) electrons. The van der Waals surface area contributed by atoms with Crippen molar-refractivity contribution in [2.45, 2.75) is 32.4 Å². The molecule has 1 heterocycles. The third-order valence-electron chi connectivity index (χ3n) is 3.42. The van der Waals surface area contributed by atoms with E-state index >= 15 is 0 Å². The van der Waals surface area contributed by atoms with Crippen LogP contribution >= 0.6 is 0 Å². The number of methoxy groups -OCH3 is 1. The van der Waals surface area contributed by atoms with Crippen molar-refractivity contribution in [2.24, 2.45) is 0 Å². The van der Waals surface area contributed by atoms with Gasteiger partial charge in [0.15, 0.2) is 6.04 Å². The first-order valence-electron chi connectivity index (χ1n) is 8.39. The first-order valence-corrected chi connectivity index (χ1v) is 8.39. The smallest absolute Gasteiger partial charge is 0.410 e. The van der Waals surface area contributed by atoms with Gasteiger partial charge in [-0.05, 0) is 20.8 Å². The number of hydrogen-bond acceptors (Lipinski definition) is 7. The maximum Gasteiger partial charge on any atom is 0.410 e. The van der Waals surface area contributed by atoms with Gasteiger partial charge in [0.2, 0.25) is 0 Å². The lowest BCUT2D eigenvalue weighted by molar-refractivity contribution is -0.154. The van der Waals surface area contributed by atoms with E-state index in [0.717, 1.165) is 17.1 Å². The molecular weight excluding hydrogens is 360 g/mol. The largest absolute Gasteiger partial charge is 0.480 e. The maximum atomic E-state index is 12.4. The van der Waals surface area contributed by atoms with Gasteiger partial charge in [0.1, 0.15) is 5.60 Å². The van der Waals surface area contributed by atoms with Crippen LogP contribution in [-0.2, 0) is 28.6 Å². The van der Waals surface area contributed by atoms with Crippen LogP contribution in [0.4, 0.5) is 4.79 Å². The van der Waals surface area contributed by atoms with Crippen molar-refractivity contribution in [3.05, 3.63) is 12.2 Å². The molecule has 152 valence electrons. The second kappa shape index (κ2) is 10.0. The number of carbonyl (C=O) groups is 4. The van der Waals surface area contributed by atoms with E-state index in [1.165, 1.54) is 7.11 Å². The molecule has 1 aliphatic heterocycles.